The van der Waals surface area contributed by atoms with E-state index in [-0.39, 0.29) is 17.9 Å². The lowest BCUT2D eigenvalue weighted by atomic mass is 9.87. The number of benzene rings is 2. The Balaban J connectivity index is 1.84. The predicted octanol–water partition coefficient (Wildman–Crippen LogP) is 4.17. The van der Waals surface area contributed by atoms with E-state index in [1.54, 1.807) is 30.3 Å². The number of carbonyl (C=O) groups is 2. The highest BCUT2D eigenvalue weighted by atomic mass is 35.5. The topological polar surface area (TPSA) is 70.6 Å². The molecule has 7 heteroatoms. The van der Waals surface area contributed by atoms with Gasteiger partial charge < -0.3 is 5.32 Å². The molecule has 0 unspecified atom stereocenters. The minimum Gasteiger partial charge on any atom is -0.343 e. The SMILES string of the molecule is CC(C)(C)c1ccc(C(=O)NCC(=O)N/N=C\c2ccc(Cl)cc2Cl)cc1. The van der Waals surface area contributed by atoms with Crippen molar-refractivity contribution in [3.8, 4) is 0 Å². The summed E-state index contributed by atoms with van der Waals surface area (Å²) < 4.78 is 0. The van der Waals surface area contributed by atoms with Crippen molar-refractivity contribution < 1.29 is 9.59 Å². The quantitative estimate of drug-likeness (QED) is 0.578. The van der Waals surface area contributed by atoms with E-state index in [9.17, 15) is 9.59 Å². The Hall–Kier alpha value is -2.37. The molecule has 0 atom stereocenters. The van der Waals surface area contributed by atoms with Crippen LogP contribution in [0.2, 0.25) is 10.0 Å². The highest BCUT2D eigenvalue weighted by molar-refractivity contribution is 6.36. The van der Waals surface area contributed by atoms with Crippen LogP contribution in [-0.4, -0.2) is 24.6 Å². The minimum atomic E-state index is -0.448. The van der Waals surface area contributed by atoms with E-state index >= 15 is 0 Å². The molecule has 2 N–H and O–H groups in total. The van der Waals surface area contributed by atoms with Crippen LogP contribution in [0, 0.1) is 0 Å². The van der Waals surface area contributed by atoms with Gasteiger partial charge in [-0.25, -0.2) is 5.43 Å². The lowest BCUT2D eigenvalue weighted by Gasteiger charge is -2.19. The third kappa shape index (κ3) is 6.38. The molecule has 2 amide bonds. The fourth-order valence-corrected chi connectivity index (χ4v) is 2.66. The van der Waals surface area contributed by atoms with E-state index < -0.39 is 5.91 Å². The monoisotopic (exact) mass is 405 g/mol. The van der Waals surface area contributed by atoms with Gasteiger partial charge in [-0.2, -0.15) is 5.10 Å². The molecule has 5 nitrogen and oxygen atoms in total. The molecule has 0 aliphatic carbocycles. The Morgan fingerprint density at radius 1 is 1.07 bits per heavy atom. The van der Waals surface area contributed by atoms with Crippen LogP contribution in [0.3, 0.4) is 0 Å². The van der Waals surface area contributed by atoms with Gasteiger partial charge in [0.15, 0.2) is 0 Å². The van der Waals surface area contributed by atoms with Crippen molar-refractivity contribution in [2.45, 2.75) is 26.2 Å². The average molecular weight is 406 g/mol. The average Bonchev–Trinajstić information content (AvgIpc) is 2.61. The van der Waals surface area contributed by atoms with Gasteiger partial charge >= 0.3 is 0 Å². The molecule has 0 spiro atoms. The van der Waals surface area contributed by atoms with Crippen LogP contribution < -0.4 is 10.7 Å². The largest absolute Gasteiger partial charge is 0.343 e. The molecule has 0 aliphatic heterocycles. The maximum atomic E-state index is 12.1. The van der Waals surface area contributed by atoms with E-state index in [2.05, 4.69) is 36.6 Å². The van der Waals surface area contributed by atoms with Gasteiger partial charge in [-0.1, -0.05) is 62.2 Å². The Morgan fingerprint density at radius 2 is 1.74 bits per heavy atom. The van der Waals surface area contributed by atoms with Crippen molar-refractivity contribution in [1.29, 1.82) is 0 Å². The van der Waals surface area contributed by atoms with Crippen molar-refractivity contribution in [3.63, 3.8) is 0 Å². The van der Waals surface area contributed by atoms with Gasteiger partial charge in [0.25, 0.3) is 11.8 Å². The molecule has 0 saturated carbocycles. The van der Waals surface area contributed by atoms with Crippen molar-refractivity contribution in [1.82, 2.24) is 10.7 Å². The van der Waals surface area contributed by atoms with Crippen molar-refractivity contribution in [3.05, 3.63) is 69.2 Å². The molecule has 0 heterocycles. The summed E-state index contributed by atoms with van der Waals surface area (Å²) >= 11 is 11.8. The molecule has 2 rings (SSSR count). The van der Waals surface area contributed by atoms with Crippen LogP contribution in [0.5, 0.6) is 0 Å². The molecule has 142 valence electrons. The number of halogens is 2. The Bertz CT molecular complexity index is 857. The lowest BCUT2D eigenvalue weighted by molar-refractivity contribution is -0.120. The zero-order chi connectivity index (χ0) is 20.0. The van der Waals surface area contributed by atoms with Gasteiger partial charge in [0.2, 0.25) is 0 Å². The van der Waals surface area contributed by atoms with Crippen molar-refractivity contribution >= 4 is 41.2 Å². The van der Waals surface area contributed by atoms with Crippen LogP contribution in [0.4, 0.5) is 0 Å². The molecule has 2 aromatic carbocycles. The molecule has 0 radical (unpaired) electrons. The fraction of sp³-hybridized carbons (Fsp3) is 0.250. The zero-order valence-corrected chi connectivity index (χ0v) is 16.9. The van der Waals surface area contributed by atoms with Gasteiger partial charge in [0, 0.05) is 16.1 Å². The van der Waals surface area contributed by atoms with Gasteiger partial charge in [-0.3, -0.25) is 9.59 Å². The lowest BCUT2D eigenvalue weighted by Crippen LogP contribution is -2.34. The zero-order valence-electron chi connectivity index (χ0n) is 15.3. The number of amides is 2. The first-order valence-electron chi connectivity index (χ1n) is 8.32. The number of hydrazone groups is 1. The molecule has 0 fully saturated rings. The summed E-state index contributed by atoms with van der Waals surface area (Å²) in [6.45, 7) is 6.12. The molecular weight excluding hydrogens is 385 g/mol. The van der Waals surface area contributed by atoms with Gasteiger partial charge in [0.05, 0.1) is 17.8 Å². The second kappa shape index (κ2) is 9.02. The summed E-state index contributed by atoms with van der Waals surface area (Å²) in [6, 6.07) is 12.2. The highest BCUT2D eigenvalue weighted by Crippen LogP contribution is 2.22. The van der Waals surface area contributed by atoms with Crippen LogP contribution in [0.25, 0.3) is 0 Å². The maximum absolute atomic E-state index is 12.1. The fourth-order valence-electron chi connectivity index (χ4n) is 2.20. The van der Waals surface area contributed by atoms with E-state index in [1.807, 2.05) is 12.1 Å². The summed E-state index contributed by atoms with van der Waals surface area (Å²) in [7, 11) is 0. The molecule has 0 aromatic heterocycles. The van der Waals surface area contributed by atoms with E-state index in [4.69, 9.17) is 23.2 Å². The number of rotatable bonds is 5. The number of hydrogen-bond acceptors (Lipinski definition) is 3. The Labute approximate surface area is 168 Å². The minimum absolute atomic E-state index is 0.0138. The summed E-state index contributed by atoms with van der Waals surface area (Å²) in [5, 5.41) is 7.31. The van der Waals surface area contributed by atoms with Gasteiger partial charge in [-0.15, -0.1) is 0 Å². The van der Waals surface area contributed by atoms with Gasteiger partial charge in [-0.05, 0) is 35.2 Å². The first-order chi connectivity index (χ1) is 12.7. The highest BCUT2D eigenvalue weighted by Gasteiger charge is 2.14. The first kappa shape index (κ1) is 20.9. The normalized spacial score (nSPS) is 11.4. The Morgan fingerprint density at radius 3 is 2.33 bits per heavy atom. The molecule has 0 saturated heterocycles. The number of nitrogens with one attached hydrogen (secondary N) is 2. The molecular formula is C20H21Cl2N3O2. The van der Waals surface area contributed by atoms with Crippen LogP contribution in [0.15, 0.2) is 47.6 Å². The Kier molecular flexibility index (Phi) is 6.99. The van der Waals surface area contributed by atoms with Crippen LogP contribution in [0.1, 0.15) is 42.3 Å². The molecule has 27 heavy (non-hydrogen) atoms. The predicted molar refractivity (Wildman–Crippen MR) is 110 cm³/mol. The third-order valence-corrected chi connectivity index (χ3v) is 4.34. The second-order valence-electron chi connectivity index (χ2n) is 6.97. The van der Waals surface area contributed by atoms with E-state index in [1.165, 1.54) is 6.21 Å². The summed E-state index contributed by atoms with van der Waals surface area (Å²) in [4.78, 5) is 23.9. The second-order valence-corrected chi connectivity index (χ2v) is 7.81. The van der Waals surface area contributed by atoms with E-state index in [0.29, 0.717) is 21.2 Å². The summed E-state index contributed by atoms with van der Waals surface area (Å²) in [5.74, 6) is -0.772. The number of carbonyl (C=O) groups excluding carboxylic acids is 2. The molecule has 0 bridgehead atoms. The van der Waals surface area contributed by atoms with Crippen molar-refractivity contribution in [2.75, 3.05) is 6.54 Å². The van der Waals surface area contributed by atoms with Crippen LogP contribution in [-0.2, 0) is 10.2 Å². The van der Waals surface area contributed by atoms with Gasteiger partial charge in [0.1, 0.15) is 0 Å². The summed E-state index contributed by atoms with van der Waals surface area (Å²) in [5.41, 5.74) is 4.59. The standard InChI is InChI=1S/C20H21Cl2N3O2/c1-20(2,3)15-7-4-13(5-8-15)19(27)23-12-18(26)25-24-11-14-6-9-16(21)10-17(14)22/h4-11H,12H2,1-3H3,(H,23,27)(H,25,26)/b24-11-. The maximum Gasteiger partial charge on any atom is 0.259 e. The molecule has 2 aromatic rings. The van der Waals surface area contributed by atoms with Crippen LogP contribution >= 0.6 is 23.2 Å². The summed E-state index contributed by atoms with van der Waals surface area (Å²) in [6.07, 6.45) is 1.41. The third-order valence-electron chi connectivity index (χ3n) is 3.78. The van der Waals surface area contributed by atoms with Crippen molar-refractivity contribution in [2.24, 2.45) is 5.10 Å². The molecule has 0 aliphatic rings. The first-order valence-corrected chi connectivity index (χ1v) is 9.08. The smallest absolute Gasteiger partial charge is 0.259 e. The number of nitrogens with zero attached hydrogens (tertiary/aromatic N) is 1. The van der Waals surface area contributed by atoms with E-state index in [0.717, 1.165) is 5.56 Å². The number of hydrogen-bond donors (Lipinski definition) is 2.